The number of rotatable bonds is 6. The quantitative estimate of drug-likeness (QED) is 0.864. The minimum Gasteiger partial charge on any atom is -0.366 e. The number of amides is 1. The standard InChI is InChI=1S/C17H24N2O2/c20-17(18-15-8-9-15)16-13-19(11-12-21-16)10-4-7-14-5-2-1-3-6-14/h1-3,5-6,15-16H,4,7-13H2,(H,18,20). The van der Waals surface area contributed by atoms with Gasteiger partial charge in [-0.1, -0.05) is 30.3 Å². The number of nitrogens with zero attached hydrogens (tertiary/aromatic N) is 1. The number of benzene rings is 1. The minimum absolute atomic E-state index is 0.0743. The van der Waals surface area contributed by atoms with Crippen LogP contribution in [0.1, 0.15) is 24.8 Å². The topological polar surface area (TPSA) is 41.6 Å². The van der Waals surface area contributed by atoms with Crippen LogP contribution in [0.25, 0.3) is 0 Å². The maximum Gasteiger partial charge on any atom is 0.250 e. The molecule has 2 aliphatic rings. The number of hydrogen-bond donors (Lipinski definition) is 1. The van der Waals surface area contributed by atoms with Crippen molar-refractivity contribution in [3.63, 3.8) is 0 Å². The molecule has 1 aromatic rings. The molecule has 1 amide bonds. The van der Waals surface area contributed by atoms with E-state index in [2.05, 4.69) is 40.5 Å². The Morgan fingerprint density at radius 1 is 1.29 bits per heavy atom. The Kier molecular flexibility index (Phi) is 4.88. The van der Waals surface area contributed by atoms with Crippen LogP contribution in [0.5, 0.6) is 0 Å². The fourth-order valence-electron chi connectivity index (χ4n) is 2.74. The molecule has 0 bridgehead atoms. The number of hydrogen-bond acceptors (Lipinski definition) is 3. The lowest BCUT2D eigenvalue weighted by molar-refractivity contribution is -0.138. The summed E-state index contributed by atoms with van der Waals surface area (Å²) in [6, 6.07) is 11.0. The second kappa shape index (κ2) is 7.05. The molecular weight excluding hydrogens is 264 g/mol. The molecule has 2 fully saturated rings. The highest BCUT2D eigenvalue weighted by atomic mass is 16.5. The van der Waals surface area contributed by atoms with E-state index < -0.39 is 0 Å². The molecule has 1 unspecified atom stereocenters. The van der Waals surface area contributed by atoms with Crippen molar-refractivity contribution in [3.8, 4) is 0 Å². The lowest BCUT2D eigenvalue weighted by atomic mass is 10.1. The van der Waals surface area contributed by atoms with Crippen LogP contribution in [0.15, 0.2) is 30.3 Å². The second-order valence-corrected chi connectivity index (χ2v) is 6.03. The third kappa shape index (κ3) is 4.55. The first kappa shape index (κ1) is 14.5. The average molecular weight is 288 g/mol. The van der Waals surface area contributed by atoms with Crippen LogP contribution in [0.4, 0.5) is 0 Å². The highest BCUT2D eigenvalue weighted by molar-refractivity contribution is 5.81. The Bertz CT molecular complexity index is 459. The highest BCUT2D eigenvalue weighted by Gasteiger charge is 2.30. The molecule has 1 aliphatic heterocycles. The monoisotopic (exact) mass is 288 g/mol. The van der Waals surface area contributed by atoms with Gasteiger partial charge in [-0.15, -0.1) is 0 Å². The molecule has 1 atom stereocenters. The van der Waals surface area contributed by atoms with Gasteiger partial charge in [0.15, 0.2) is 0 Å². The number of morpholine rings is 1. The maximum absolute atomic E-state index is 12.0. The summed E-state index contributed by atoms with van der Waals surface area (Å²) in [5.74, 6) is 0.0743. The van der Waals surface area contributed by atoms with Gasteiger partial charge in [0.25, 0.3) is 5.91 Å². The van der Waals surface area contributed by atoms with Gasteiger partial charge in [-0.2, -0.15) is 0 Å². The Hall–Kier alpha value is -1.39. The zero-order chi connectivity index (χ0) is 14.5. The van der Waals surface area contributed by atoms with Crippen LogP contribution < -0.4 is 5.32 Å². The normalized spacial score (nSPS) is 23.0. The molecule has 1 heterocycles. The summed E-state index contributed by atoms with van der Waals surface area (Å²) >= 11 is 0. The van der Waals surface area contributed by atoms with E-state index in [1.54, 1.807) is 0 Å². The summed E-state index contributed by atoms with van der Waals surface area (Å²) in [6.07, 6.45) is 4.19. The number of ether oxygens (including phenoxy) is 1. The highest BCUT2D eigenvalue weighted by Crippen LogP contribution is 2.19. The van der Waals surface area contributed by atoms with Crippen molar-refractivity contribution in [1.82, 2.24) is 10.2 Å². The predicted octanol–water partition coefficient (Wildman–Crippen LogP) is 1.60. The van der Waals surface area contributed by atoms with Gasteiger partial charge < -0.3 is 10.1 Å². The molecule has 1 N–H and O–H groups in total. The second-order valence-electron chi connectivity index (χ2n) is 6.03. The molecule has 21 heavy (non-hydrogen) atoms. The molecule has 1 saturated heterocycles. The SMILES string of the molecule is O=C(NC1CC1)C1CN(CCCc2ccccc2)CCO1. The largest absolute Gasteiger partial charge is 0.366 e. The van der Waals surface area contributed by atoms with E-state index in [1.807, 2.05) is 0 Å². The van der Waals surface area contributed by atoms with Crippen molar-refractivity contribution in [2.45, 2.75) is 37.8 Å². The number of carbonyl (C=O) groups excluding carboxylic acids is 1. The van der Waals surface area contributed by atoms with E-state index in [0.29, 0.717) is 12.6 Å². The number of aryl methyl sites for hydroxylation is 1. The predicted molar refractivity (Wildman–Crippen MR) is 82.1 cm³/mol. The van der Waals surface area contributed by atoms with Crippen molar-refractivity contribution in [2.24, 2.45) is 0 Å². The lowest BCUT2D eigenvalue weighted by Crippen LogP contribution is -2.50. The van der Waals surface area contributed by atoms with E-state index in [4.69, 9.17) is 4.74 Å². The molecule has 0 spiro atoms. The zero-order valence-electron chi connectivity index (χ0n) is 12.5. The van der Waals surface area contributed by atoms with Gasteiger partial charge in [0.2, 0.25) is 0 Å². The Labute approximate surface area is 126 Å². The van der Waals surface area contributed by atoms with Gasteiger partial charge in [0.05, 0.1) is 6.61 Å². The van der Waals surface area contributed by atoms with Crippen molar-refractivity contribution in [1.29, 1.82) is 0 Å². The van der Waals surface area contributed by atoms with Crippen LogP contribution in [0.2, 0.25) is 0 Å². The van der Waals surface area contributed by atoms with E-state index in [-0.39, 0.29) is 12.0 Å². The van der Waals surface area contributed by atoms with Crippen molar-refractivity contribution < 1.29 is 9.53 Å². The van der Waals surface area contributed by atoms with E-state index in [9.17, 15) is 4.79 Å². The lowest BCUT2D eigenvalue weighted by Gasteiger charge is -2.32. The first-order chi connectivity index (χ1) is 10.3. The number of carbonyl (C=O) groups is 1. The molecule has 1 saturated carbocycles. The molecule has 3 rings (SSSR count). The molecule has 1 aromatic carbocycles. The van der Waals surface area contributed by atoms with Gasteiger partial charge in [-0.05, 0) is 37.8 Å². The van der Waals surface area contributed by atoms with Gasteiger partial charge in [0.1, 0.15) is 6.10 Å². The molecule has 0 radical (unpaired) electrons. The van der Waals surface area contributed by atoms with Crippen LogP contribution in [-0.4, -0.2) is 49.2 Å². The summed E-state index contributed by atoms with van der Waals surface area (Å²) in [7, 11) is 0. The Morgan fingerprint density at radius 2 is 2.10 bits per heavy atom. The molecular formula is C17H24N2O2. The fraction of sp³-hybridized carbons (Fsp3) is 0.588. The van der Waals surface area contributed by atoms with E-state index >= 15 is 0 Å². The average Bonchev–Trinajstić information content (AvgIpc) is 3.33. The van der Waals surface area contributed by atoms with Crippen LogP contribution in [0, 0.1) is 0 Å². The summed E-state index contributed by atoms with van der Waals surface area (Å²) in [5, 5.41) is 3.04. The van der Waals surface area contributed by atoms with Gasteiger partial charge in [0, 0.05) is 19.1 Å². The molecule has 4 heteroatoms. The van der Waals surface area contributed by atoms with Gasteiger partial charge in [-0.25, -0.2) is 0 Å². The molecule has 4 nitrogen and oxygen atoms in total. The van der Waals surface area contributed by atoms with Gasteiger partial charge in [-0.3, -0.25) is 9.69 Å². The van der Waals surface area contributed by atoms with E-state index in [1.165, 1.54) is 5.56 Å². The molecule has 1 aliphatic carbocycles. The first-order valence-corrected chi connectivity index (χ1v) is 7.99. The first-order valence-electron chi connectivity index (χ1n) is 7.99. The van der Waals surface area contributed by atoms with Crippen LogP contribution >= 0.6 is 0 Å². The zero-order valence-corrected chi connectivity index (χ0v) is 12.5. The molecule has 0 aromatic heterocycles. The third-order valence-electron chi connectivity index (χ3n) is 4.15. The van der Waals surface area contributed by atoms with Crippen molar-refractivity contribution in [3.05, 3.63) is 35.9 Å². The van der Waals surface area contributed by atoms with Crippen LogP contribution in [-0.2, 0) is 16.0 Å². The third-order valence-corrected chi connectivity index (χ3v) is 4.15. The smallest absolute Gasteiger partial charge is 0.250 e. The van der Waals surface area contributed by atoms with Gasteiger partial charge >= 0.3 is 0 Å². The summed E-state index contributed by atoms with van der Waals surface area (Å²) in [6.45, 7) is 3.36. The minimum atomic E-state index is -0.281. The Balaban J connectivity index is 1.39. The van der Waals surface area contributed by atoms with Crippen LogP contribution in [0.3, 0.4) is 0 Å². The molecule has 114 valence electrons. The fourth-order valence-corrected chi connectivity index (χ4v) is 2.74. The summed E-state index contributed by atoms with van der Waals surface area (Å²) in [4.78, 5) is 14.4. The summed E-state index contributed by atoms with van der Waals surface area (Å²) in [5.41, 5.74) is 1.38. The Morgan fingerprint density at radius 3 is 2.86 bits per heavy atom. The van der Waals surface area contributed by atoms with Crippen molar-refractivity contribution in [2.75, 3.05) is 26.2 Å². The maximum atomic E-state index is 12.0. The van der Waals surface area contributed by atoms with Crippen molar-refractivity contribution >= 4 is 5.91 Å². The summed E-state index contributed by atoms with van der Waals surface area (Å²) < 4.78 is 5.61. The number of nitrogens with one attached hydrogen (secondary N) is 1. The van der Waals surface area contributed by atoms with E-state index in [0.717, 1.165) is 45.3 Å².